The number of ether oxygens (including phenoxy) is 1. The molecule has 3 N–H and O–H groups in total. The van der Waals surface area contributed by atoms with Crippen LogP contribution >= 0.6 is 0 Å². The van der Waals surface area contributed by atoms with E-state index in [1.54, 1.807) is 0 Å². The molecule has 3 atom stereocenters. The molecule has 0 aromatic carbocycles. The molecule has 6 heteroatoms. The Hall–Kier alpha value is -1.30. The SMILES string of the molecule is CC1CCC(NC(=O)NC2(C(=O)O)CCOC2)C1. The highest BCUT2D eigenvalue weighted by molar-refractivity contribution is 5.86. The van der Waals surface area contributed by atoms with E-state index in [2.05, 4.69) is 17.6 Å². The van der Waals surface area contributed by atoms with Crippen LogP contribution in [0.5, 0.6) is 0 Å². The maximum absolute atomic E-state index is 11.8. The minimum absolute atomic E-state index is 0.0385. The number of rotatable bonds is 3. The molecule has 6 nitrogen and oxygen atoms in total. The lowest BCUT2D eigenvalue weighted by molar-refractivity contribution is -0.144. The van der Waals surface area contributed by atoms with Gasteiger partial charge in [0.2, 0.25) is 0 Å². The summed E-state index contributed by atoms with van der Waals surface area (Å²) in [6, 6.07) is -0.241. The minimum Gasteiger partial charge on any atom is -0.479 e. The van der Waals surface area contributed by atoms with Crippen LogP contribution in [0.15, 0.2) is 0 Å². The molecule has 0 bridgehead atoms. The van der Waals surface area contributed by atoms with Crippen molar-refractivity contribution in [1.82, 2.24) is 10.6 Å². The van der Waals surface area contributed by atoms with E-state index in [9.17, 15) is 14.7 Å². The first kappa shape index (κ1) is 13.1. The number of aliphatic carboxylic acids is 1. The van der Waals surface area contributed by atoms with Gasteiger partial charge in [-0.25, -0.2) is 9.59 Å². The van der Waals surface area contributed by atoms with E-state index in [1.807, 2.05) is 0 Å². The Balaban J connectivity index is 1.88. The topological polar surface area (TPSA) is 87.7 Å². The van der Waals surface area contributed by atoms with Gasteiger partial charge in [-0.2, -0.15) is 0 Å². The second kappa shape index (κ2) is 5.14. The van der Waals surface area contributed by atoms with Crippen LogP contribution in [0.3, 0.4) is 0 Å². The van der Waals surface area contributed by atoms with Gasteiger partial charge in [0.15, 0.2) is 5.54 Å². The molecule has 0 spiro atoms. The number of nitrogens with one attached hydrogen (secondary N) is 2. The van der Waals surface area contributed by atoms with E-state index >= 15 is 0 Å². The normalized spacial score (nSPS) is 35.4. The Morgan fingerprint density at radius 1 is 1.39 bits per heavy atom. The smallest absolute Gasteiger partial charge is 0.332 e. The van der Waals surface area contributed by atoms with Gasteiger partial charge < -0.3 is 20.5 Å². The number of carboxylic acids is 1. The summed E-state index contributed by atoms with van der Waals surface area (Å²) in [5, 5.41) is 14.6. The molecule has 0 radical (unpaired) electrons. The molecule has 1 aliphatic heterocycles. The van der Waals surface area contributed by atoms with Gasteiger partial charge in [-0.1, -0.05) is 6.92 Å². The highest BCUT2D eigenvalue weighted by Gasteiger charge is 2.44. The lowest BCUT2D eigenvalue weighted by atomic mass is 9.99. The van der Waals surface area contributed by atoms with Crippen LogP contribution in [-0.2, 0) is 9.53 Å². The van der Waals surface area contributed by atoms with Crippen molar-refractivity contribution in [3.8, 4) is 0 Å². The first-order valence-electron chi connectivity index (χ1n) is 6.42. The van der Waals surface area contributed by atoms with E-state index < -0.39 is 17.5 Å². The molecular formula is C12H20N2O4. The van der Waals surface area contributed by atoms with E-state index in [1.165, 1.54) is 0 Å². The molecular weight excluding hydrogens is 236 g/mol. The Morgan fingerprint density at radius 3 is 2.67 bits per heavy atom. The minimum atomic E-state index is -1.26. The van der Waals surface area contributed by atoms with Gasteiger partial charge in [0.05, 0.1) is 6.61 Å². The lowest BCUT2D eigenvalue weighted by Gasteiger charge is -2.25. The fourth-order valence-corrected chi connectivity index (χ4v) is 2.66. The average Bonchev–Trinajstić information content (AvgIpc) is 2.89. The molecule has 1 saturated carbocycles. The first-order chi connectivity index (χ1) is 8.52. The average molecular weight is 256 g/mol. The van der Waals surface area contributed by atoms with Crippen molar-refractivity contribution >= 4 is 12.0 Å². The summed E-state index contributed by atoms with van der Waals surface area (Å²) in [6.07, 6.45) is 3.35. The van der Waals surface area contributed by atoms with Crippen LogP contribution in [0.1, 0.15) is 32.6 Å². The molecule has 1 saturated heterocycles. The number of hydrogen-bond acceptors (Lipinski definition) is 3. The van der Waals surface area contributed by atoms with E-state index in [-0.39, 0.29) is 12.6 Å². The number of hydrogen-bond donors (Lipinski definition) is 3. The summed E-state index contributed by atoms with van der Waals surface area (Å²) in [7, 11) is 0. The number of amides is 2. The van der Waals surface area contributed by atoms with Gasteiger partial charge in [0.1, 0.15) is 0 Å². The predicted molar refractivity (Wildman–Crippen MR) is 64.3 cm³/mol. The Morgan fingerprint density at radius 2 is 2.17 bits per heavy atom. The van der Waals surface area contributed by atoms with Gasteiger partial charge in [-0.3, -0.25) is 0 Å². The Labute approximate surface area is 106 Å². The summed E-state index contributed by atoms with van der Waals surface area (Å²) in [5.41, 5.74) is -1.26. The van der Waals surface area contributed by atoms with E-state index in [4.69, 9.17) is 4.74 Å². The zero-order chi connectivity index (χ0) is 13.2. The monoisotopic (exact) mass is 256 g/mol. The van der Waals surface area contributed by atoms with Crippen molar-refractivity contribution in [2.75, 3.05) is 13.2 Å². The maximum atomic E-state index is 11.8. The maximum Gasteiger partial charge on any atom is 0.332 e. The van der Waals surface area contributed by atoms with Crippen LogP contribution in [0, 0.1) is 5.92 Å². The molecule has 1 heterocycles. The fraction of sp³-hybridized carbons (Fsp3) is 0.833. The number of carbonyl (C=O) groups excluding carboxylic acids is 1. The standard InChI is InChI=1S/C12H20N2O4/c1-8-2-3-9(6-8)13-11(17)14-12(10(15)16)4-5-18-7-12/h8-9H,2-7H2,1H3,(H,15,16)(H2,13,14,17). The van der Waals surface area contributed by atoms with Crippen LogP contribution in [0.4, 0.5) is 4.79 Å². The molecule has 2 rings (SSSR count). The van der Waals surface area contributed by atoms with Crippen LogP contribution in [0.2, 0.25) is 0 Å². The fourth-order valence-electron chi connectivity index (χ4n) is 2.66. The number of urea groups is 1. The van der Waals surface area contributed by atoms with E-state index in [0.717, 1.165) is 19.3 Å². The summed E-state index contributed by atoms with van der Waals surface area (Å²) in [4.78, 5) is 23.1. The van der Waals surface area contributed by atoms with Gasteiger partial charge in [0, 0.05) is 19.1 Å². The highest BCUT2D eigenvalue weighted by atomic mass is 16.5. The van der Waals surface area contributed by atoms with Crippen molar-refractivity contribution in [2.24, 2.45) is 5.92 Å². The van der Waals surface area contributed by atoms with Crippen molar-refractivity contribution in [1.29, 1.82) is 0 Å². The van der Waals surface area contributed by atoms with Crippen molar-refractivity contribution in [2.45, 2.75) is 44.2 Å². The molecule has 0 aromatic heterocycles. The van der Waals surface area contributed by atoms with E-state index in [0.29, 0.717) is 18.9 Å². The van der Waals surface area contributed by atoms with Crippen LogP contribution in [0.25, 0.3) is 0 Å². The van der Waals surface area contributed by atoms with Gasteiger partial charge in [-0.15, -0.1) is 0 Å². The number of carboxylic acid groups (broad SMARTS) is 1. The zero-order valence-electron chi connectivity index (χ0n) is 10.6. The molecule has 2 fully saturated rings. The molecule has 1 aliphatic carbocycles. The van der Waals surface area contributed by atoms with Crippen LogP contribution < -0.4 is 10.6 Å². The molecule has 102 valence electrons. The molecule has 18 heavy (non-hydrogen) atoms. The summed E-state index contributed by atoms with van der Waals surface area (Å²) < 4.78 is 5.09. The Bertz CT molecular complexity index is 339. The summed E-state index contributed by atoms with van der Waals surface area (Å²) in [6.45, 7) is 2.56. The molecule has 2 aliphatic rings. The first-order valence-corrected chi connectivity index (χ1v) is 6.42. The van der Waals surface area contributed by atoms with Crippen molar-refractivity contribution in [3.05, 3.63) is 0 Å². The third-order valence-electron chi connectivity index (χ3n) is 3.81. The molecule has 3 unspecified atom stereocenters. The summed E-state index contributed by atoms with van der Waals surface area (Å²) >= 11 is 0. The molecule has 0 aromatic rings. The lowest BCUT2D eigenvalue weighted by Crippen LogP contribution is -2.58. The third-order valence-corrected chi connectivity index (χ3v) is 3.81. The second-order valence-electron chi connectivity index (χ2n) is 5.40. The van der Waals surface area contributed by atoms with Crippen LogP contribution in [-0.4, -0.2) is 41.9 Å². The van der Waals surface area contributed by atoms with Crippen molar-refractivity contribution in [3.63, 3.8) is 0 Å². The third kappa shape index (κ3) is 2.75. The Kier molecular flexibility index (Phi) is 3.75. The summed E-state index contributed by atoms with van der Waals surface area (Å²) in [5.74, 6) is -0.409. The second-order valence-corrected chi connectivity index (χ2v) is 5.40. The number of carbonyl (C=O) groups is 2. The quantitative estimate of drug-likeness (QED) is 0.694. The zero-order valence-corrected chi connectivity index (χ0v) is 10.6. The van der Waals surface area contributed by atoms with Gasteiger partial charge in [-0.05, 0) is 25.2 Å². The van der Waals surface area contributed by atoms with Gasteiger partial charge >= 0.3 is 12.0 Å². The largest absolute Gasteiger partial charge is 0.479 e. The van der Waals surface area contributed by atoms with Crippen molar-refractivity contribution < 1.29 is 19.4 Å². The molecule has 2 amide bonds. The highest BCUT2D eigenvalue weighted by Crippen LogP contribution is 2.25. The van der Waals surface area contributed by atoms with Gasteiger partial charge in [0.25, 0.3) is 0 Å². The predicted octanol–water partition coefficient (Wildman–Crippen LogP) is 0.718.